The molecule has 0 aliphatic heterocycles. The highest BCUT2D eigenvalue weighted by atomic mass is 31.0. The van der Waals surface area contributed by atoms with Gasteiger partial charge in [-0.2, -0.15) is 21.0 Å². The predicted molar refractivity (Wildman–Crippen MR) is 81.6 cm³/mol. The average Bonchev–Trinajstić information content (AvgIpc) is 2.58. The lowest BCUT2D eigenvalue weighted by molar-refractivity contribution is 1.47. The third-order valence-corrected chi connectivity index (χ3v) is 4.06. The zero-order valence-corrected chi connectivity index (χ0v) is 12.2. The fourth-order valence-electron chi connectivity index (χ4n) is 1.83. The summed E-state index contributed by atoms with van der Waals surface area (Å²) in [5.41, 5.74) is 0.179. The van der Waals surface area contributed by atoms with Gasteiger partial charge in [0.25, 0.3) is 0 Å². The molecular formula is C17H7N4P. The van der Waals surface area contributed by atoms with Gasteiger partial charge in [-0.15, -0.1) is 0 Å². The number of nitriles is 4. The second kappa shape index (κ2) is 6.83. The second-order valence-corrected chi connectivity index (χ2v) is 5.20. The molecule has 0 N–H and O–H groups in total. The van der Waals surface area contributed by atoms with Crippen molar-refractivity contribution in [3.63, 3.8) is 0 Å². The quantitative estimate of drug-likeness (QED) is 0.742. The van der Waals surface area contributed by atoms with Crippen molar-refractivity contribution in [2.75, 3.05) is 0 Å². The molecule has 0 saturated carbocycles. The summed E-state index contributed by atoms with van der Waals surface area (Å²) in [4.78, 5) is 1.01. The molecule has 1 aromatic heterocycles. The van der Waals surface area contributed by atoms with Crippen molar-refractivity contribution < 1.29 is 0 Å². The first kappa shape index (κ1) is 15.0. The van der Waals surface area contributed by atoms with Gasteiger partial charge in [0.2, 0.25) is 0 Å². The standard InChI is InChI=1S/C17H7N4P/c18-7-15(8-19)12-1-3-13(4-2-12)17-6-5-14(11-22-17)16(9-20)10-21/h1-6,11H. The summed E-state index contributed by atoms with van der Waals surface area (Å²) in [5, 5.41) is 37.5. The van der Waals surface area contributed by atoms with E-state index in [1.165, 1.54) is 0 Å². The van der Waals surface area contributed by atoms with Gasteiger partial charge in [0, 0.05) is 15.4 Å². The van der Waals surface area contributed by atoms with Gasteiger partial charge in [0.05, 0.1) is 0 Å². The monoisotopic (exact) mass is 298 g/mol. The predicted octanol–water partition coefficient (Wildman–Crippen LogP) is 1.95. The van der Waals surface area contributed by atoms with Crippen LogP contribution in [-0.2, 0) is 0 Å². The molecule has 0 amide bonds. The number of hydrogen-bond acceptors (Lipinski definition) is 4. The summed E-state index contributed by atoms with van der Waals surface area (Å²) in [6.45, 7) is 0. The largest absolute Gasteiger partial charge is 0.192 e. The molecule has 100 valence electrons. The highest BCUT2D eigenvalue weighted by Gasteiger charge is 1.95. The van der Waals surface area contributed by atoms with E-state index < -0.39 is 0 Å². The van der Waals surface area contributed by atoms with Crippen molar-refractivity contribution in [1.29, 1.82) is 21.0 Å². The lowest BCUT2D eigenvalue weighted by Gasteiger charge is -1.91. The summed E-state index contributed by atoms with van der Waals surface area (Å²) >= 11 is 0. The molecule has 1 heterocycles. The van der Waals surface area contributed by atoms with Crippen LogP contribution in [0.5, 0.6) is 0 Å². The zero-order valence-electron chi connectivity index (χ0n) is 11.3. The molecule has 0 bridgehead atoms. The molecule has 0 atom stereocenters. The van der Waals surface area contributed by atoms with Crippen LogP contribution in [0.4, 0.5) is 0 Å². The Balaban J connectivity index is 2.70. The summed E-state index contributed by atoms with van der Waals surface area (Å²) in [7, 11) is 0.883. The van der Waals surface area contributed by atoms with Crippen molar-refractivity contribution in [1.82, 2.24) is 0 Å². The highest BCUT2D eigenvalue weighted by Crippen LogP contribution is 2.06. The topological polar surface area (TPSA) is 95.2 Å². The van der Waals surface area contributed by atoms with Crippen LogP contribution in [0.15, 0.2) is 42.2 Å². The highest BCUT2D eigenvalue weighted by molar-refractivity contribution is 7.28. The van der Waals surface area contributed by atoms with Crippen molar-refractivity contribution in [2.24, 2.45) is 0 Å². The van der Waals surface area contributed by atoms with Gasteiger partial charge in [-0.05, 0) is 17.1 Å². The molecule has 0 aliphatic rings. The second-order valence-electron chi connectivity index (χ2n) is 4.21. The van der Waals surface area contributed by atoms with Crippen molar-refractivity contribution in [3.05, 3.63) is 62.8 Å². The van der Waals surface area contributed by atoms with E-state index in [1.807, 2.05) is 48.3 Å². The Labute approximate surface area is 128 Å². The minimum atomic E-state index is 0.0813. The van der Waals surface area contributed by atoms with Gasteiger partial charge in [0.1, 0.15) is 35.4 Å². The number of nitrogens with zero attached hydrogens (tertiary/aromatic N) is 4. The minimum absolute atomic E-state index is 0.0813. The number of rotatable bonds is 0. The van der Waals surface area contributed by atoms with E-state index in [0.29, 0.717) is 10.4 Å². The summed E-state index contributed by atoms with van der Waals surface area (Å²) in [5.74, 6) is 1.81. The van der Waals surface area contributed by atoms with Crippen LogP contribution in [0, 0.1) is 55.5 Å². The van der Waals surface area contributed by atoms with Gasteiger partial charge in [-0.3, -0.25) is 0 Å². The molecule has 1 aromatic carbocycles. The van der Waals surface area contributed by atoms with E-state index in [1.54, 1.807) is 18.2 Å². The lowest BCUT2D eigenvalue weighted by atomic mass is 10.2. The lowest BCUT2D eigenvalue weighted by Crippen LogP contribution is -2.02. The van der Waals surface area contributed by atoms with Crippen molar-refractivity contribution in [3.8, 4) is 24.3 Å². The first-order valence-electron chi connectivity index (χ1n) is 6.15. The SMILES string of the molecule is N#CC(C#N)=c1ccc(=c2ccc(=C(C#N)C#N)cp2)cc1. The Hall–Kier alpha value is -3.43. The van der Waals surface area contributed by atoms with Crippen molar-refractivity contribution in [2.45, 2.75) is 0 Å². The maximum Gasteiger partial charge on any atom is 0.137 e. The van der Waals surface area contributed by atoms with Crippen LogP contribution in [0.2, 0.25) is 0 Å². The van der Waals surface area contributed by atoms with E-state index in [4.69, 9.17) is 21.0 Å². The van der Waals surface area contributed by atoms with Crippen LogP contribution in [0.1, 0.15) is 0 Å². The fraction of sp³-hybridized carbons (Fsp3) is 0. The maximum atomic E-state index is 8.84. The van der Waals surface area contributed by atoms with Gasteiger partial charge < -0.3 is 0 Å². The Morgan fingerprint density at radius 3 is 1.64 bits per heavy atom. The number of benzene rings is 1. The number of hydrogen-bond donors (Lipinski definition) is 0. The molecule has 0 unspecified atom stereocenters. The van der Waals surface area contributed by atoms with E-state index in [9.17, 15) is 0 Å². The maximum absolute atomic E-state index is 8.84. The molecule has 0 spiro atoms. The van der Waals surface area contributed by atoms with Crippen LogP contribution in [-0.4, -0.2) is 0 Å². The molecule has 4 nitrogen and oxygen atoms in total. The van der Waals surface area contributed by atoms with E-state index in [0.717, 1.165) is 18.4 Å². The molecule has 0 saturated heterocycles. The van der Waals surface area contributed by atoms with Gasteiger partial charge in [0.15, 0.2) is 0 Å². The molecular weight excluding hydrogens is 291 g/mol. The fourth-order valence-corrected chi connectivity index (χ4v) is 2.78. The van der Waals surface area contributed by atoms with Gasteiger partial charge in [-0.25, -0.2) is 0 Å². The molecule has 22 heavy (non-hydrogen) atoms. The summed E-state index contributed by atoms with van der Waals surface area (Å²) < 4.78 is 0. The van der Waals surface area contributed by atoms with Crippen LogP contribution in [0.3, 0.4) is 0 Å². The van der Waals surface area contributed by atoms with E-state index in [2.05, 4.69) is 0 Å². The summed E-state index contributed by atoms with van der Waals surface area (Å²) in [6.07, 6.45) is 0. The molecule has 0 fully saturated rings. The smallest absolute Gasteiger partial charge is 0.137 e. The van der Waals surface area contributed by atoms with Crippen LogP contribution in [0.25, 0.3) is 11.1 Å². The third-order valence-electron chi connectivity index (χ3n) is 2.97. The van der Waals surface area contributed by atoms with Gasteiger partial charge >= 0.3 is 0 Å². The normalized spacial score (nSPS) is 9.09. The Kier molecular flexibility index (Phi) is 4.65. The minimum Gasteiger partial charge on any atom is -0.192 e. The molecule has 0 aliphatic carbocycles. The van der Waals surface area contributed by atoms with E-state index >= 15 is 0 Å². The third kappa shape index (κ3) is 3.00. The molecule has 0 radical (unpaired) electrons. The molecule has 2 rings (SSSR count). The first-order chi connectivity index (χ1) is 10.7. The van der Waals surface area contributed by atoms with Crippen LogP contribution >= 0.6 is 8.19 Å². The van der Waals surface area contributed by atoms with E-state index in [-0.39, 0.29) is 11.1 Å². The molecule has 2 aromatic rings. The van der Waals surface area contributed by atoms with Crippen LogP contribution < -0.4 is 10.4 Å². The first-order valence-corrected chi connectivity index (χ1v) is 7.11. The summed E-state index contributed by atoms with van der Waals surface area (Å²) in [6, 6.07) is 18.2. The Morgan fingerprint density at radius 2 is 1.18 bits per heavy atom. The zero-order chi connectivity index (χ0) is 15.9. The average molecular weight is 298 g/mol. The van der Waals surface area contributed by atoms with Gasteiger partial charge in [-0.1, -0.05) is 38.5 Å². The Morgan fingerprint density at radius 1 is 0.682 bits per heavy atom. The Bertz CT molecular complexity index is 950. The molecule has 5 heteroatoms. The van der Waals surface area contributed by atoms with Crippen molar-refractivity contribution >= 4 is 19.3 Å².